The van der Waals surface area contributed by atoms with E-state index < -0.39 is 10.7 Å². The SMILES string of the molecule is COCC#Cc1cccc([SH](=O)=O)c1. The molecule has 14 heavy (non-hydrogen) atoms. The van der Waals surface area contributed by atoms with Crippen molar-refractivity contribution in [3.63, 3.8) is 0 Å². The molecule has 0 aliphatic heterocycles. The van der Waals surface area contributed by atoms with Gasteiger partial charge >= 0.3 is 0 Å². The van der Waals surface area contributed by atoms with Gasteiger partial charge in [0, 0.05) is 12.7 Å². The van der Waals surface area contributed by atoms with Gasteiger partial charge in [-0.2, -0.15) is 0 Å². The van der Waals surface area contributed by atoms with Gasteiger partial charge in [-0.25, -0.2) is 8.42 Å². The standard InChI is InChI=1S/C10H10O3S/c1-13-7-3-5-9-4-2-6-10(8-9)14(11)12/h2,4,6,8,14H,7H2,1H3. The Bertz CT molecular complexity index is 430. The van der Waals surface area contributed by atoms with Crippen molar-refractivity contribution in [2.24, 2.45) is 0 Å². The first-order valence-electron chi connectivity index (χ1n) is 3.96. The second-order valence-electron chi connectivity index (χ2n) is 2.54. The average Bonchev–Trinajstić information content (AvgIpc) is 2.19. The molecular formula is C10H10O3S. The summed E-state index contributed by atoms with van der Waals surface area (Å²) in [7, 11) is -0.974. The Morgan fingerprint density at radius 2 is 2.21 bits per heavy atom. The monoisotopic (exact) mass is 210 g/mol. The maximum absolute atomic E-state index is 10.6. The van der Waals surface area contributed by atoms with Crippen LogP contribution in [0.15, 0.2) is 29.2 Å². The van der Waals surface area contributed by atoms with Crippen molar-refractivity contribution >= 4 is 10.7 Å². The molecule has 0 heterocycles. The first kappa shape index (κ1) is 10.8. The lowest BCUT2D eigenvalue weighted by Gasteiger charge is -1.91. The number of hydrogen-bond donors (Lipinski definition) is 1. The van der Waals surface area contributed by atoms with E-state index in [1.165, 1.54) is 12.1 Å². The summed E-state index contributed by atoms with van der Waals surface area (Å²) in [6.07, 6.45) is 0. The van der Waals surface area contributed by atoms with Crippen LogP contribution in [0.2, 0.25) is 0 Å². The molecule has 0 atom stereocenters. The maximum atomic E-state index is 10.6. The molecule has 0 radical (unpaired) electrons. The minimum absolute atomic E-state index is 0.282. The molecule has 0 N–H and O–H groups in total. The average molecular weight is 210 g/mol. The Balaban J connectivity index is 2.91. The van der Waals surface area contributed by atoms with Crippen molar-refractivity contribution in [2.75, 3.05) is 13.7 Å². The summed E-state index contributed by atoms with van der Waals surface area (Å²) < 4.78 is 26.0. The normalized spacial score (nSPS) is 9.57. The van der Waals surface area contributed by atoms with E-state index in [0.29, 0.717) is 12.2 Å². The lowest BCUT2D eigenvalue weighted by Crippen LogP contribution is -1.84. The van der Waals surface area contributed by atoms with Crippen molar-refractivity contribution in [1.82, 2.24) is 0 Å². The van der Waals surface area contributed by atoms with Crippen molar-refractivity contribution < 1.29 is 13.2 Å². The third kappa shape index (κ3) is 3.21. The Morgan fingerprint density at radius 1 is 1.43 bits per heavy atom. The van der Waals surface area contributed by atoms with Crippen molar-refractivity contribution in [3.05, 3.63) is 29.8 Å². The summed E-state index contributed by atoms with van der Waals surface area (Å²) in [5.41, 5.74) is 0.679. The molecule has 1 rings (SSSR count). The first-order chi connectivity index (χ1) is 6.74. The fraction of sp³-hybridized carbons (Fsp3) is 0.200. The highest BCUT2D eigenvalue weighted by atomic mass is 32.2. The first-order valence-corrected chi connectivity index (χ1v) is 5.14. The van der Waals surface area contributed by atoms with Gasteiger partial charge in [0.1, 0.15) is 6.61 Å². The van der Waals surface area contributed by atoms with E-state index in [4.69, 9.17) is 4.74 Å². The molecule has 1 aromatic carbocycles. The summed E-state index contributed by atoms with van der Waals surface area (Å²) in [4.78, 5) is 0.282. The molecule has 74 valence electrons. The van der Waals surface area contributed by atoms with Crippen LogP contribution < -0.4 is 0 Å². The molecule has 0 fully saturated rings. The summed E-state index contributed by atoms with van der Waals surface area (Å²) in [6.45, 7) is 0.341. The van der Waals surface area contributed by atoms with Gasteiger partial charge in [0.15, 0.2) is 10.7 Å². The molecule has 0 bridgehead atoms. The number of hydrogen-bond acceptors (Lipinski definition) is 3. The molecule has 1 aromatic rings. The highest BCUT2D eigenvalue weighted by Gasteiger charge is 1.94. The lowest BCUT2D eigenvalue weighted by molar-refractivity contribution is 0.240. The van der Waals surface area contributed by atoms with Crippen LogP contribution in [0.3, 0.4) is 0 Å². The number of ether oxygens (including phenoxy) is 1. The number of benzene rings is 1. The molecular weight excluding hydrogens is 200 g/mol. The number of thiol groups is 1. The third-order valence-electron chi connectivity index (χ3n) is 1.51. The van der Waals surface area contributed by atoms with Gasteiger partial charge in [-0.05, 0) is 18.2 Å². The highest BCUT2D eigenvalue weighted by molar-refractivity contribution is 7.72. The highest BCUT2D eigenvalue weighted by Crippen LogP contribution is 2.04. The van der Waals surface area contributed by atoms with E-state index in [1.807, 2.05) is 0 Å². The van der Waals surface area contributed by atoms with Gasteiger partial charge in [0.2, 0.25) is 0 Å². The van der Waals surface area contributed by atoms with E-state index >= 15 is 0 Å². The zero-order chi connectivity index (χ0) is 10.4. The van der Waals surface area contributed by atoms with Gasteiger partial charge in [-0.1, -0.05) is 17.9 Å². The maximum Gasteiger partial charge on any atom is 0.168 e. The topological polar surface area (TPSA) is 43.4 Å². The van der Waals surface area contributed by atoms with Crippen LogP contribution in [-0.4, -0.2) is 22.1 Å². The van der Waals surface area contributed by atoms with Crippen LogP contribution in [0.25, 0.3) is 0 Å². The van der Waals surface area contributed by atoms with E-state index in [0.717, 1.165) is 0 Å². The molecule has 0 aliphatic rings. The predicted octanol–water partition coefficient (Wildman–Crippen LogP) is 0.655. The van der Waals surface area contributed by atoms with Gasteiger partial charge in [0.05, 0.1) is 4.90 Å². The Kier molecular flexibility index (Phi) is 4.17. The summed E-state index contributed by atoms with van der Waals surface area (Å²) in [6, 6.07) is 6.49. The van der Waals surface area contributed by atoms with E-state index in [9.17, 15) is 8.42 Å². The van der Waals surface area contributed by atoms with E-state index in [2.05, 4.69) is 11.8 Å². The number of rotatable bonds is 2. The molecule has 0 aromatic heterocycles. The van der Waals surface area contributed by atoms with Crippen LogP contribution in [0.1, 0.15) is 5.56 Å². The fourth-order valence-corrected chi connectivity index (χ4v) is 1.36. The van der Waals surface area contributed by atoms with Gasteiger partial charge < -0.3 is 4.74 Å². The molecule has 0 amide bonds. The molecule has 0 unspecified atom stereocenters. The molecule has 0 saturated carbocycles. The minimum atomic E-state index is -2.53. The Labute approximate surface area is 84.7 Å². The van der Waals surface area contributed by atoms with Crippen LogP contribution >= 0.6 is 0 Å². The van der Waals surface area contributed by atoms with Crippen LogP contribution in [-0.2, 0) is 15.4 Å². The minimum Gasteiger partial charge on any atom is -0.372 e. The van der Waals surface area contributed by atoms with E-state index in [-0.39, 0.29) is 4.90 Å². The van der Waals surface area contributed by atoms with Crippen molar-refractivity contribution in [1.29, 1.82) is 0 Å². The summed E-state index contributed by atoms with van der Waals surface area (Å²) >= 11 is 0. The van der Waals surface area contributed by atoms with Crippen molar-refractivity contribution in [2.45, 2.75) is 4.90 Å². The molecule has 0 spiro atoms. The second-order valence-corrected chi connectivity index (χ2v) is 3.57. The third-order valence-corrected chi connectivity index (χ3v) is 2.21. The van der Waals surface area contributed by atoms with Crippen LogP contribution in [0.5, 0.6) is 0 Å². The quantitative estimate of drug-likeness (QED) is 0.576. The second kappa shape index (κ2) is 5.43. The fourth-order valence-electron chi connectivity index (χ4n) is 0.908. The smallest absolute Gasteiger partial charge is 0.168 e. The molecule has 0 aliphatic carbocycles. The summed E-state index contributed by atoms with van der Waals surface area (Å²) in [5, 5.41) is 0. The Hall–Kier alpha value is -1.31. The predicted molar refractivity (Wildman–Crippen MR) is 53.8 cm³/mol. The number of methoxy groups -OCH3 is 1. The largest absolute Gasteiger partial charge is 0.372 e. The summed E-state index contributed by atoms with van der Waals surface area (Å²) in [5.74, 6) is 5.55. The van der Waals surface area contributed by atoms with Crippen LogP contribution in [0.4, 0.5) is 0 Å². The molecule has 0 saturated heterocycles. The molecule has 3 nitrogen and oxygen atoms in total. The zero-order valence-electron chi connectivity index (χ0n) is 7.69. The lowest BCUT2D eigenvalue weighted by atomic mass is 10.2. The van der Waals surface area contributed by atoms with Crippen molar-refractivity contribution in [3.8, 4) is 11.8 Å². The Morgan fingerprint density at radius 3 is 2.86 bits per heavy atom. The zero-order valence-corrected chi connectivity index (χ0v) is 8.58. The van der Waals surface area contributed by atoms with E-state index in [1.54, 1.807) is 19.2 Å². The molecule has 4 heteroatoms. The van der Waals surface area contributed by atoms with Gasteiger partial charge in [0.25, 0.3) is 0 Å². The van der Waals surface area contributed by atoms with Gasteiger partial charge in [-0.15, -0.1) is 0 Å². The van der Waals surface area contributed by atoms with Gasteiger partial charge in [-0.3, -0.25) is 0 Å². The van der Waals surface area contributed by atoms with Crippen LogP contribution in [0, 0.1) is 11.8 Å².